The second-order valence-corrected chi connectivity index (χ2v) is 6.03. The standard InChI is InChI=1S/C18H14Cl2N2O2/c1-11-14(8-12-9-15(19)17(24-2)16(20)10-12)18(23)22(21-11)13-6-4-3-5-7-13/h3-10H,1-2H3/b14-8-. The number of hydrazone groups is 1. The maximum Gasteiger partial charge on any atom is 0.280 e. The molecule has 24 heavy (non-hydrogen) atoms. The molecule has 1 heterocycles. The van der Waals surface area contributed by atoms with E-state index in [-0.39, 0.29) is 5.91 Å². The number of hydrogen-bond donors (Lipinski definition) is 0. The normalized spacial score (nSPS) is 15.8. The van der Waals surface area contributed by atoms with E-state index in [1.165, 1.54) is 12.1 Å². The Kier molecular flexibility index (Phi) is 4.60. The van der Waals surface area contributed by atoms with Crippen LogP contribution in [0.3, 0.4) is 0 Å². The third kappa shape index (κ3) is 3.03. The van der Waals surface area contributed by atoms with Crippen molar-refractivity contribution < 1.29 is 9.53 Å². The van der Waals surface area contributed by atoms with E-state index in [0.717, 1.165) is 5.69 Å². The second kappa shape index (κ2) is 6.67. The Bertz CT molecular complexity index is 838. The van der Waals surface area contributed by atoms with Gasteiger partial charge in [-0.25, -0.2) is 0 Å². The van der Waals surface area contributed by atoms with Crippen molar-refractivity contribution in [1.29, 1.82) is 0 Å². The van der Waals surface area contributed by atoms with Gasteiger partial charge in [0.1, 0.15) is 0 Å². The summed E-state index contributed by atoms with van der Waals surface area (Å²) in [6.07, 6.45) is 1.72. The van der Waals surface area contributed by atoms with Gasteiger partial charge in [-0.05, 0) is 42.8 Å². The van der Waals surface area contributed by atoms with Crippen LogP contribution in [0.25, 0.3) is 6.08 Å². The van der Waals surface area contributed by atoms with Gasteiger partial charge in [0.25, 0.3) is 5.91 Å². The molecule has 0 atom stereocenters. The van der Waals surface area contributed by atoms with Crippen molar-refractivity contribution in [3.05, 3.63) is 63.6 Å². The Morgan fingerprint density at radius 3 is 2.33 bits per heavy atom. The van der Waals surface area contributed by atoms with Gasteiger partial charge < -0.3 is 4.74 Å². The maximum absolute atomic E-state index is 12.7. The number of halogens is 2. The minimum atomic E-state index is -0.193. The Balaban J connectivity index is 1.97. The molecule has 4 nitrogen and oxygen atoms in total. The summed E-state index contributed by atoms with van der Waals surface area (Å²) in [6.45, 7) is 1.79. The van der Waals surface area contributed by atoms with Crippen LogP contribution < -0.4 is 9.75 Å². The number of para-hydroxylation sites is 1. The number of rotatable bonds is 3. The fourth-order valence-corrected chi connectivity index (χ4v) is 3.11. The van der Waals surface area contributed by atoms with E-state index >= 15 is 0 Å². The number of carbonyl (C=O) groups excluding carboxylic acids is 1. The van der Waals surface area contributed by atoms with Crippen LogP contribution in [0.1, 0.15) is 12.5 Å². The molecule has 1 amide bonds. The van der Waals surface area contributed by atoms with E-state index < -0.39 is 0 Å². The Morgan fingerprint density at radius 1 is 1.12 bits per heavy atom. The topological polar surface area (TPSA) is 41.9 Å². The highest BCUT2D eigenvalue weighted by Crippen LogP contribution is 2.35. The van der Waals surface area contributed by atoms with E-state index in [0.29, 0.717) is 32.6 Å². The number of hydrogen-bond acceptors (Lipinski definition) is 3. The monoisotopic (exact) mass is 360 g/mol. The number of ether oxygens (including phenoxy) is 1. The molecule has 2 aromatic carbocycles. The fourth-order valence-electron chi connectivity index (χ4n) is 2.45. The summed E-state index contributed by atoms with van der Waals surface area (Å²) in [5.41, 5.74) is 2.55. The number of amides is 1. The molecule has 1 aliphatic rings. The molecular formula is C18H14Cl2N2O2. The highest BCUT2D eigenvalue weighted by molar-refractivity contribution is 6.37. The molecule has 122 valence electrons. The van der Waals surface area contributed by atoms with Crippen LogP contribution in [0.4, 0.5) is 5.69 Å². The molecule has 0 bridgehead atoms. The summed E-state index contributed by atoms with van der Waals surface area (Å²) in [6, 6.07) is 12.7. The van der Waals surface area contributed by atoms with Crippen molar-refractivity contribution in [2.24, 2.45) is 5.10 Å². The lowest BCUT2D eigenvalue weighted by Crippen LogP contribution is -2.21. The van der Waals surface area contributed by atoms with Gasteiger partial charge in [-0.2, -0.15) is 10.1 Å². The summed E-state index contributed by atoms with van der Waals surface area (Å²) in [7, 11) is 1.50. The SMILES string of the molecule is COc1c(Cl)cc(/C=C2\C(=O)N(c3ccccc3)N=C2C)cc1Cl. The van der Waals surface area contributed by atoms with E-state index in [2.05, 4.69) is 5.10 Å². The van der Waals surface area contributed by atoms with Gasteiger partial charge in [-0.15, -0.1) is 0 Å². The molecule has 2 aromatic rings. The summed E-state index contributed by atoms with van der Waals surface area (Å²) in [5, 5.41) is 6.49. The number of benzene rings is 2. The number of nitrogens with zero attached hydrogens (tertiary/aromatic N) is 2. The van der Waals surface area contributed by atoms with E-state index in [1.54, 1.807) is 25.1 Å². The summed E-state index contributed by atoms with van der Waals surface area (Å²) in [4.78, 5) is 12.7. The minimum Gasteiger partial charge on any atom is -0.494 e. The Hall–Kier alpha value is -2.30. The molecule has 0 fully saturated rings. The average molecular weight is 361 g/mol. The van der Waals surface area contributed by atoms with Gasteiger partial charge in [0.15, 0.2) is 5.75 Å². The molecule has 0 radical (unpaired) electrons. The maximum atomic E-state index is 12.7. The third-order valence-corrected chi connectivity index (χ3v) is 4.16. The predicted molar refractivity (Wildman–Crippen MR) is 98.0 cm³/mol. The van der Waals surface area contributed by atoms with Gasteiger partial charge in [-0.1, -0.05) is 41.4 Å². The van der Waals surface area contributed by atoms with Crippen LogP contribution in [0.15, 0.2) is 53.1 Å². The van der Waals surface area contributed by atoms with Crippen LogP contribution >= 0.6 is 23.2 Å². The van der Waals surface area contributed by atoms with Crippen molar-refractivity contribution in [3.63, 3.8) is 0 Å². The van der Waals surface area contributed by atoms with Crippen molar-refractivity contribution in [2.45, 2.75) is 6.92 Å². The highest BCUT2D eigenvalue weighted by Gasteiger charge is 2.28. The quantitative estimate of drug-likeness (QED) is 0.737. The molecule has 3 rings (SSSR count). The number of carbonyl (C=O) groups is 1. The van der Waals surface area contributed by atoms with Gasteiger partial charge in [-0.3, -0.25) is 4.79 Å². The first-order valence-electron chi connectivity index (χ1n) is 7.21. The summed E-state index contributed by atoms with van der Waals surface area (Å²) >= 11 is 12.3. The van der Waals surface area contributed by atoms with Crippen LogP contribution in [0, 0.1) is 0 Å². The molecule has 1 aliphatic heterocycles. The first-order chi connectivity index (χ1) is 11.5. The van der Waals surface area contributed by atoms with Crippen LogP contribution in [0.5, 0.6) is 5.75 Å². The lowest BCUT2D eigenvalue weighted by atomic mass is 10.1. The van der Waals surface area contributed by atoms with E-state index in [1.807, 2.05) is 30.3 Å². The first-order valence-corrected chi connectivity index (χ1v) is 7.96. The first kappa shape index (κ1) is 16.6. The number of anilines is 1. The fraction of sp³-hybridized carbons (Fsp3) is 0.111. The predicted octanol–water partition coefficient (Wildman–Crippen LogP) is 4.81. The van der Waals surface area contributed by atoms with Crippen LogP contribution in [-0.4, -0.2) is 18.7 Å². The molecule has 0 unspecified atom stereocenters. The number of methoxy groups -OCH3 is 1. The second-order valence-electron chi connectivity index (χ2n) is 5.21. The minimum absolute atomic E-state index is 0.193. The lowest BCUT2D eigenvalue weighted by molar-refractivity contribution is -0.114. The molecular weight excluding hydrogens is 347 g/mol. The van der Waals surface area contributed by atoms with Crippen LogP contribution in [-0.2, 0) is 4.79 Å². The molecule has 0 N–H and O–H groups in total. The highest BCUT2D eigenvalue weighted by atomic mass is 35.5. The molecule has 0 saturated carbocycles. The van der Waals surface area contributed by atoms with Gasteiger partial charge in [0.2, 0.25) is 0 Å². The van der Waals surface area contributed by atoms with Crippen molar-refractivity contribution in [2.75, 3.05) is 12.1 Å². The molecule has 0 spiro atoms. The van der Waals surface area contributed by atoms with Gasteiger partial charge >= 0.3 is 0 Å². The summed E-state index contributed by atoms with van der Waals surface area (Å²) < 4.78 is 5.13. The zero-order valence-corrected chi connectivity index (χ0v) is 14.6. The zero-order valence-electron chi connectivity index (χ0n) is 13.1. The molecule has 0 aliphatic carbocycles. The molecule has 0 saturated heterocycles. The van der Waals surface area contributed by atoms with E-state index in [9.17, 15) is 4.79 Å². The van der Waals surface area contributed by atoms with Crippen molar-refractivity contribution in [1.82, 2.24) is 0 Å². The summed E-state index contributed by atoms with van der Waals surface area (Å²) in [5.74, 6) is 0.219. The van der Waals surface area contributed by atoms with Crippen molar-refractivity contribution in [3.8, 4) is 5.75 Å². The lowest BCUT2D eigenvalue weighted by Gasteiger charge is -2.11. The van der Waals surface area contributed by atoms with Crippen LogP contribution in [0.2, 0.25) is 10.0 Å². The van der Waals surface area contributed by atoms with Gasteiger partial charge in [0.05, 0.1) is 34.1 Å². The third-order valence-electron chi connectivity index (χ3n) is 3.60. The Labute approximate surface area is 149 Å². The largest absolute Gasteiger partial charge is 0.494 e. The molecule has 0 aromatic heterocycles. The van der Waals surface area contributed by atoms with Crippen molar-refractivity contribution >= 4 is 46.6 Å². The van der Waals surface area contributed by atoms with E-state index in [4.69, 9.17) is 27.9 Å². The van der Waals surface area contributed by atoms with Gasteiger partial charge in [0, 0.05) is 0 Å². The average Bonchev–Trinajstić information content (AvgIpc) is 2.84. The Morgan fingerprint density at radius 2 is 1.75 bits per heavy atom. The smallest absolute Gasteiger partial charge is 0.280 e. The zero-order chi connectivity index (χ0) is 17.3. The molecule has 6 heteroatoms.